The number of hydrogen-bond acceptors (Lipinski definition) is 5. The van der Waals surface area contributed by atoms with Gasteiger partial charge in [-0.15, -0.1) is 0 Å². The minimum absolute atomic E-state index is 0.0168. The van der Waals surface area contributed by atoms with Crippen LogP contribution in [0.3, 0.4) is 0 Å². The molecule has 1 heterocycles. The van der Waals surface area contributed by atoms with E-state index in [0.717, 1.165) is 51.4 Å². The van der Waals surface area contributed by atoms with Crippen LogP contribution < -0.4 is 10.6 Å². The van der Waals surface area contributed by atoms with Crippen LogP contribution >= 0.6 is 0 Å². The standard InChI is InChI=1S/C25H41N3O6/c1-25(2,3)34-24(33)27-21(17-11-7-8-12-17)22(30)26-14-20(29)28-15-18(13-19(28)23(31)32)16-9-5-4-6-10-16/h16-19,21H,4-15H2,1-3H3,(H,26,30)(H,27,33)(H,31,32)/t18-,19+,21?/m1/s1. The number of carbonyl (C=O) groups excluding carboxylic acids is 3. The summed E-state index contributed by atoms with van der Waals surface area (Å²) in [7, 11) is 0. The lowest BCUT2D eigenvalue weighted by Crippen LogP contribution is -2.53. The maximum absolute atomic E-state index is 13.0. The molecule has 3 amide bonds. The Morgan fingerprint density at radius 3 is 2.18 bits per heavy atom. The molecule has 9 nitrogen and oxygen atoms in total. The Bertz CT molecular complexity index is 752. The van der Waals surface area contributed by atoms with Crippen molar-refractivity contribution >= 4 is 23.9 Å². The largest absolute Gasteiger partial charge is 0.480 e. The molecular formula is C25H41N3O6. The van der Waals surface area contributed by atoms with Crippen molar-refractivity contribution in [3.63, 3.8) is 0 Å². The van der Waals surface area contributed by atoms with Gasteiger partial charge in [0.15, 0.2) is 0 Å². The number of carboxylic acid groups (broad SMARTS) is 1. The van der Waals surface area contributed by atoms with Crippen molar-refractivity contribution in [2.75, 3.05) is 13.1 Å². The number of amides is 3. The molecule has 192 valence electrons. The quantitative estimate of drug-likeness (QED) is 0.515. The molecule has 0 aromatic rings. The molecule has 1 unspecified atom stereocenters. The number of ether oxygens (including phenoxy) is 1. The van der Waals surface area contributed by atoms with Crippen molar-refractivity contribution in [3.8, 4) is 0 Å². The van der Waals surface area contributed by atoms with E-state index in [-0.39, 0.29) is 24.3 Å². The zero-order valence-corrected chi connectivity index (χ0v) is 20.8. The van der Waals surface area contributed by atoms with Gasteiger partial charge in [0, 0.05) is 6.54 Å². The van der Waals surface area contributed by atoms with Gasteiger partial charge in [-0.05, 0) is 57.8 Å². The summed E-state index contributed by atoms with van der Waals surface area (Å²) >= 11 is 0. The molecule has 3 atom stereocenters. The van der Waals surface area contributed by atoms with Crippen LogP contribution in [0, 0.1) is 17.8 Å². The van der Waals surface area contributed by atoms with Gasteiger partial charge in [0.2, 0.25) is 11.8 Å². The van der Waals surface area contributed by atoms with Gasteiger partial charge in [-0.3, -0.25) is 9.59 Å². The number of aliphatic carboxylic acids is 1. The molecule has 34 heavy (non-hydrogen) atoms. The van der Waals surface area contributed by atoms with E-state index >= 15 is 0 Å². The highest BCUT2D eigenvalue weighted by molar-refractivity contribution is 5.91. The zero-order chi connectivity index (χ0) is 24.9. The lowest BCUT2D eigenvalue weighted by molar-refractivity contribution is -0.148. The first kappa shape index (κ1) is 26.3. The monoisotopic (exact) mass is 479 g/mol. The van der Waals surface area contributed by atoms with Crippen molar-refractivity contribution in [3.05, 3.63) is 0 Å². The molecule has 0 aromatic carbocycles. The van der Waals surface area contributed by atoms with Crippen LogP contribution in [0.15, 0.2) is 0 Å². The van der Waals surface area contributed by atoms with Crippen LogP contribution in [-0.2, 0) is 19.1 Å². The van der Waals surface area contributed by atoms with Crippen LogP contribution in [-0.4, -0.2) is 64.7 Å². The Kier molecular flexibility index (Phi) is 8.82. The summed E-state index contributed by atoms with van der Waals surface area (Å²) in [5.41, 5.74) is -0.687. The van der Waals surface area contributed by atoms with Gasteiger partial charge in [0.1, 0.15) is 17.7 Å². The van der Waals surface area contributed by atoms with Gasteiger partial charge in [-0.2, -0.15) is 0 Å². The average molecular weight is 480 g/mol. The van der Waals surface area contributed by atoms with Crippen molar-refractivity contribution in [1.82, 2.24) is 15.5 Å². The number of nitrogens with one attached hydrogen (secondary N) is 2. The fraction of sp³-hybridized carbons (Fsp3) is 0.840. The molecule has 2 saturated carbocycles. The summed E-state index contributed by atoms with van der Waals surface area (Å²) in [6.45, 7) is 5.42. The van der Waals surface area contributed by atoms with Crippen molar-refractivity contribution in [1.29, 1.82) is 0 Å². The highest BCUT2D eigenvalue weighted by Gasteiger charge is 2.42. The number of likely N-dealkylation sites (tertiary alicyclic amines) is 1. The third-order valence-corrected chi connectivity index (χ3v) is 7.50. The third kappa shape index (κ3) is 7.09. The van der Waals surface area contributed by atoms with E-state index in [0.29, 0.717) is 18.9 Å². The number of rotatable bonds is 7. The molecule has 2 aliphatic carbocycles. The van der Waals surface area contributed by atoms with E-state index in [9.17, 15) is 24.3 Å². The van der Waals surface area contributed by atoms with Gasteiger partial charge in [0.05, 0.1) is 6.54 Å². The molecule has 0 aromatic heterocycles. The second kappa shape index (κ2) is 11.4. The molecule has 1 saturated heterocycles. The molecule has 3 aliphatic rings. The van der Waals surface area contributed by atoms with Crippen LogP contribution in [0.2, 0.25) is 0 Å². The van der Waals surface area contributed by atoms with E-state index in [2.05, 4.69) is 10.6 Å². The lowest BCUT2D eigenvalue weighted by Gasteiger charge is -2.28. The van der Waals surface area contributed by atoms with Gasteiger partial charge < -0.3 is 25.4 Å². The Labute approximate surface area is 202 Å². The van der Waals surface area contributed by atoms with Gasteiger partial charge in [-0.25, -0.2) is 9.59 Å². The Morgan fingerprint density at radius 2 is 1.59 bits per heavy atom. The van der Waals surface area contributed by atoms with Crippen molar-refractivity contribution in [2.24, 2.45) is 17.8 Å². The molecule has 3 N–H and O–H groups in total. The van der Waals surface area contributed by atoms with E-state index in [1.165, 1.54) is 11.3 Å². The Hall–Kier alpha value is -2.32. The minimum Gasteiger partial charge on any atom is -0.480 e. The number of carbonyl (C=O) groups is 4. The Balaban J connectivity index is 1.59. The number of carboxylic acids is 1. The second-order valence-electron chi connectivity index (χ2n) is 11.2. The number of alkyl carbamates (subject to hydrolysis) is 1. The van der Waals surface area contributed by atoms with E-state index in [1.807, 2.05) is 0 Å². The first-order chi connectivity index (χ1) is 16.0. The summed E-state index contributed by atoms with van der Waals surface area (Å²) in [5, 5.41) is 15.1. The second-order valence-corrected chi connectivity index (χ2v) is 11.2. The molecule has 0 radical (unpaired) electrons. The summed E-state index contributed by atoms with van der Waals surface area (Å²) in [5.74, 6) is -1.17. The first-order valence-corrected chi connectivity index (χ1v) is 12.8. The van der Waals surface area contributed by atoms with Gasteiger partial charge >= 0.3 is 12.1 Å². The van der Waals surface area contributed by atoms with Crippen molar-refractivity contribution in [2.45, 2.75) is 103 Å². The van der Waals surface area contributed by atoms with Crippen LogP contribution in [0.5, 0.6) is 0 Å². The van der Waals surface area contributed by atoms with Gasteiger partial charge in [-0.1, -0.05) is 44.9 Å². The van der Waals surface area contributed by atoms with Crippen LogP contribution in [0.1, 0.15) is 85.0 Å². The summed E-state index contributed by atoms with van der Waals surface area (Å²) < 4.78 is 5.32. The Morgan fingerprint density at radius 1 is 0.971 bits per heavy atom. The van der Waals surface area contributed by atoms with E-state index in [1.54, 1.807) is 20.8 Å². The fourth-order valence-corrected chi connectivity index (χ4v) is 5.82. The van der Waals surface area contributed by atoms with Crippen molar-refractivity contribution < 1.29 is 29.0 Å². The zero-order valence-electron chi connectivity index (χ0n) is 20.8. The number of nitrogens with zero attached hydrogens (tertiary/aromatic N) is 1. The average Bonchev–Trinajstić information content (AvgIpc) is 3.45. The van der Waals surface area contributed by atoms with Crippen LogP contribution in [0.25, 0.3) is 0 Å². The normalized spacial score (nSPS) is 25.1. The first-order valence-electron chi connectivity index (χ1n) is 12.8. The third-order valence-electron chi connectivity index (χ3n) is 7.50. The minimum atomic E-state index is -0.992. The molecule has 9 heteroatoms. The maximum atomic E-state index is 13.0. The SMILES string of the molecule is CC(C)(C)OC(=O)NC(C(=O)NCC(=O)N1C[C@H](C2CCCCC2)C[C@H]1C(=O)O)C1CCCC1. The molecule has 3 fully saturated rings. The fourth-order valence-electron chi connectivity index (χ4n) is 5.82. The number of hydrogen-bond donors (Lipinski definition) is 3. The molecule has 1 aliphatic heterocycles. The lowest BCUT2D eigenvalue weighted by atomic mass is 9.79. The van der Waals surface area contributed by atoms with E-state index < -0.39 is 35.7 Å². The molecule has 0 spiro atoms. The van der Waals surface area contributed by atoms with Crippen LogP contribution in [0.4, 0.5) is 4.79 Å². The summed E-state index contributed by atoms with van der Waals surface area (Å²) in [6, 6.07) is -1.63. The topological polar surface area (TPSA) is 125 Å². The molecule has 3 rings (SSSR count). The van der Waals surface area contributed by atoms with Gasteiger partial charge in [0.25, 0.3) is 0 Å². The predicted octanol–water partition coefficient (Wildman–Crippen LogP) is 3.07. The highest BCUT2D eigenvalue weighted by Crippen LogP contribution is 2.37. The summed E-state index contributed by atoms with van der Waals surface area (Å²) in [6.07, 6.45) is 9.16. The molecule has 0 bridgehead atoms. The van der Waals surface area contributed by atoms with E-state index in [4.69, 9.17) is 4.74 Å². The maximum Gasteiger partial charge on any atom is 0.408 e. The predicted molar refractivity (Wildman–Crippen MR) is 126 cm³/mol. The smallest absolute Gasteiger partial charge is 0.408 e. The molecular weight excluding hydrogens is 438 g/mol. The summed E-state index contributed by atoms with van der Waals surface area (Å²) in [4.78, 5) is 51.6. The highest BCUT2D eigenvalue weighted by atomic mass is 16.6.